The molecule has 0 heterocycles. The highest BCUT2D eigenvalue weighted by atomic mass is 32.2. The van der Waals surface area contributed by atoms with E-state index in [1.165, 1.54) is 0 Å². The van der Waals surface area contributed by atoms with E-state index in [1.807, 2.05) is 0 Å². The molecular formula is C12H8F21NO3S. The molecule has 4 nitrogen and oxygen atoms in total. The van der Waals surface area contributed by atoms with E-state index < -0.39 is 81.8 Å². The summed E-state index contributed by atoms with van der Waals surface area (Å²) < 4.78 is 305. The highest BCUT2D eigenvalue weighted by Crippen LogP contribution is 2.65. The number of rotatable bonds is 11. The smallest absolute Gasteiger partial charge is 0.402 e. The van der Waals surface area contributed by atoms with Crippen LogP contribution >= 0.6 is 0 Å². The average molecular weight is 645 g/mol. The Balaban J connectivity index is 0. The number of hydrogen-bond acceptors (Lipinski definition) is 3. The second-order valence-electron chi connectivity index (χ2n) is 6.81. The first-order valence-corrected chi connectivity index (χ1v) is 9.29. The van der Waals surface area contributed by atoms with Crippen LogP contribution in [0.25, 0.3) is 0 Å². The maximum atomic E-state index is 13.5. The summed E-state index contributed by atoms with van der Waals surface area (Å²) in [6.45, 7) is 0. The van der Waals surface area contributed by atoms with Gasteiger partial charge in [0.2, 0.25) is 0 Å². The van der Waals surface area contributed by atoms with Gasteiger partial charge in [-0.15, -0.1) is 0 Å². The third-order valence-corrected chi connectivity index (χ3v) is 5.11. The fourth-order valence-corrected chi connectivity index (χ4v) is 2.45. The first-order chi connectivity index (χ1) is 15.5. The summed E-state index contributed by atoms with van der Waals surface area (Å²) in [5.74, 6) is -69.8. The van der Waals surface area contributed by atoms with Crippen LogP contribution in [0.3, 0.4) is 0 Å². The summed E-state index contributed by atoms with van der Waals surface area (Å²) in [4.78, 5) is 0. The summed E-state index contributed by atoms with van der Waals surface area (Å²) in [5.41, 5.74) is 0. The summed E-state index contributed by atoms with van der Waals surface area (Å²) in [6, 6.07) is 0. The number of hydrogen-bond donors (Lipinski definition) is 1. The Morgan fingerprint density at radius 3 is 0.895 bits per heavy atom. The lowest BCUT2D eigenvalue weighted by atomic mass is 9.86. The standard InChI is InChI=1S/C12H5F21O3S.H3N/c13-3(14,1-2-4(15,16)17)5(18,19)6(20,21)7(22,23)8(24,25)9(26,27)10(28,29)11(30,31)12(32,33)37(34,35)36;/h1-2H2,(H,34,35,36);1H3. The first-order valence-electron chi connectivity index (χ1n) is 7.88. The normalized spacial score (nSPS) is 16.4. The van der Waals surface area contributed by atoms with Crippen molar-refractivity contribution in [3.05, 3.63) is 0 Å². The monoisotopic (exact) mass is 645 g/mol. The van der Waals surface area contributed by atoms with Crippen LogP contribution in [0.2, 0.25) is 0 Å². The zero-order valence-electron chi connectivity index (χ0n) is 17.0. The van der Waals surface area contributed by atoms with Crippen molar-refractivity contribution >= 4 is 10.1 Å². The highest BCUT2D eigenvalue weighted by Gasteiger charge is 2.96. The van der Waals surface area contributed by atoms with E-state index in [4.69, 9.17) is 0 Å². The number of quaternary nitrogens is 1. The molecule has 0 aromatic heterocycles. The van der Waals surface area contributed by atoms with Gasteiger partial charge in [0.25, 0.3) is 0 Å². The molecule has 0 saturated carbocycles. The molecule has 0 radical (unpaired) electrons. The molecule has 0 atom stereocenters. The molecule has 232 valence electrons. The minimum Gasteiger partial charge on any atom is -0.743 e. The summed E-state index contributed by atoms with van der Waals surface area (Å²) in [7, 11) is -8.31. The Bertz CT molecular complexity index is 953. The van der Waals surface area contributed by atoms with Crippen molar-refractivity contribution in [3.8, 4) is 0 Å². The van der Waals surface area contributed by atoms with E-state index >= 15 is 0 Å². The van der Waals surface area contributed by atoms with E-state index in [-0.39, 0.29) is 6.15 Å². The molecule has 0 amide bonds. The van der Waals surface area contributed by atoms with Gasteiger partial charge in [-0.1, -0.05) is 0 Å². The predicted molar refractivity (Wildman–Crippen MR) is 75.5 cm³/mol. The Hall–Kier alpha value is -1.60. The summed E-state index contributed by atoms with van der Waals surface area (Å²) in [5, 5.41) is -8.13. The van der Waals surface area contributed by atoms with Crippen molar-refractivity contribution in [3.63, 3.8) is 0 Å². The van der Waals surface area contributed by atoms with Crippen LogP contribution in [0.1, 0.15) is 12.8 Å². The van der Waals surface area contributed by atoms with E-state index in [9.17, 15) is 105 Å². The van der Waals surface area contributed by atoms with Gasteiger partial charge in [0.1, 0.15) is 0 Å². The largest absolute Gasteiger partial charge is 0.743 e. The molecule has 0 rings (SSSR count). The Morgan fingerprint density at radius 1 is 0.421 bits per heavy atom. The van der Waals surface area contributed by atoms with Gasteiger partial charge in [0.15, 0.2) is 10.1 Å². The Morgan fingerprint density at radius 2 is 0.658 bits per heavy atom. The van der Waals surface area contributed by atoms with Gasteiger partial charge >= 0.3 is 58.8 Å². The van der Waals surface area contributed by atoms with E-state index in [2.05, 4.69) is 0 Å². The Labute approximate surface area is 194 Å². The van der Waals surface area contributed by atoms with Gasteiger partial charge < -0.3 is 10.7 Å². The molecule has 0 aliphatic carbocycles. The zero-order chi connectivity index (χ0) is 30.9. The van der Waals surface area contributed by atoms with Crippen LogP contribution in [0.4, 0.5) is 92.2 Å². The molecule has 0 saturated heterocycles. The molecule has 0 aliphatic rings. The second kappa shape index (κ2) is 9.50. The van der Waals surface area contributed by atoms with Crippen molar-refractivity contribution in [1.29, 1.82) is 0 Å². The SMILES string of the molecule is O=S(=O)([O-])C(F)(F)C(F)(F)C(F)(F)C(F)(F)C(F)(F)C(F)(F)C(F)(F)C(F)(F)C(F)(F)CCC(F)(F)F.[NH4+]. The topological polar surface area (TPSA) is 93.7 Å². The van der Waals surface area contributed by atoms with E-state index in [1.54, 1.807) is 0 Å². The molecule has 0 bridgehead atoms. The molecule has 0 fully saturated rings. The maximum absolute atomic E-state index is 13.5. The third-order valence-electron chi connectivity index (χ3n) is 4.23. The maximum Gasteiger partial charge on any atom is 0.402 e. The quantitative estimate of drug-likeness (QED) is 0.195. The van der Waals surface area contributed by atoms with E-state index in [0.29, 0.717) is 0 Å². The summed E-state index contributed by atoms with van der Waals surface area (Å²) >= 11 is 0. The van der Waals surface area contributed by atoms with Crippen molar-refractivity contribution in [2.75, 3.05) is 0 Å². The Kier molecular flexibility index (Phi) is 9.64. The van der Waals surface area contributed by atoms with Gasteiger partial charge in [-0.05, 0) is 0 Å². The van der Waals surface area contributed by atoms with Crippen molar-refractivity contribution in [2.24, 2.45) is 0 Å². The number of halogens is 21. The minimum absolute atomic E-state index is 0. The van der Waals surface area contributed by atoms with Crippen LogP contribution in [0.5, 0.6) is 0 Å². The van der Waals surface area contributed by atoms with Crippen LogP contribution in [0.15, 0.2) is 0 Å². The molecule has 38 heavy (non-hydrogen) atoms. The number of alkyl halides is 21. The van der Waals surface area contributed by atoms with Crippen LogP contribution in [-0.4, -0.2) is 71.8 Å². The first kappa shape index (κ1) is 38.5. The minimum atomic E-state index is -9.25. The molecule has 26 heteroatoms. The second-order valence-corrected chi connectivity index (χ2v) is 8.23. The van der Waals surface area contributed by atoms with Gasteiger partial charge in [0, 0.05) is 12.8 Å². The molecule has 0 aromatic rings. The molecule has 4 N–H and O–H groups in total. The van der Waals surface area contributed by atoms with Gasteiger partial charge in [-0.3, -0.25) is 0 Å². The fraction of sp³-hybridized carbons (Fsp3) is 1.00. The zero-order valence-corrected chi connectivity index (χ0v) is 17.8. The van der Waals surface area contributed by atoms with Gasteiger partial charge in [0.05, 0.1) is 0 Å². The lowest BCUT2D eigenvalue weighted by Gasteiger charge is -2.44. The van der Waals surface area contributed by atoms with Crippen LogP contribution < -0.4 is 6.15 Å². The molecular weight excluding hydrogens is 637 g/mol. The highest BCUT2D eigenvalue weighted by molar-refractivity contribution is 7.86. The fourth-order valence-electron chi connectivity index (χ4n) is 2.01. The molecule has 0 unspecified atom stereocenters. The predicted octanol–water partition coefficient (Wildman–Crippen LogP) is 6.93. The van der Waals surface area contributed by atoms with E-state index in [0.717, 1.165) is 0 Å². The van der Waals surface area contributed by atoms with Crippen LogP contribution in [-0.2, 0) is 10.1 Å². The third kappa shape index (κ3) is 5.14. The molecule has 0 aliphatic heterocycles. The van der Waals surface area contributed by atoms with Crippen molar-refractivity contribution < 1.29 is 105 Å². The molecule has 0 aromatic carbocycles. The van der Waals surface area contributed by atoms with Gasteiger partial charge in [-0.2, -0.15) is 92.2 Å². The molecule has 0 spiro atoms. The lowest BCUT2D eigenvalue weighted by molar-refractivity contribution is -0.459. The van der Waals surface area contributed by atoms with Crippen molar-refractivity contribution in [2.45, 2.75) is 71.7 Å². The van der Waals surface area contributed by atoms with Crippen LogP contribution in [0, 0.1) is 0 Å². The average Bonchev–Trinajstić information content (AvgIpc) is 2.63. The van der Waals surface area contributed by atoms with Gasteiger partial charge in [-0.25, -0.2) is 8.42 Å². The summed E-state index contributed by atoms with van der Waals surface area (Å²) in [6.07, 6.45) is -12.9. The van der Waals surface area contributed by atoms with Crippen molar-refractivity contribution in [1.82, 2.24) is 6.15 Å². The lowest BCUT2D eigenvalue weighted by Crippen LogP contribution is -2.76.